The Morgan fingerprint density at radius 2 is 2.11 bits per heavy atom. The number of rotatable bonds is 4. The Bertz CT molecular complexity index is 526. The van der Waals surface area contributed by atoms with Gasteiger partial charge in [-0.1, -0.05) is 6.92 Å². The Labute approximate surface area is 105 Å². The first-order valence-corrected chi connectivity index (χ1v) is 5.65. The molecule has 6 nitrogen and oxygen atoms in total. The van der Waals surface area contributed by atoms with E-state index in [1.165, 1.54) is 6.33 Å². The third kappa shape index (κ3) is 2.54. The van der Waals surface area contributed by atoms with Gasteiger partial charge in [-0.15, -0.1) is 0 Å². The van der Waals surface area contributed by atoms with Gasteiger partial charge in [-0.05, 0) is 25.5 Å². The maximum atomic E-state index is 5.69. The van der Waals surface area contributed by atoms with E-state index in [2.05, 4.69) is 20.4 Å². The van der Waals surface area contributed by atoms with Crippen LogP contribution in [0.4, 0.5) is 5.82 Å². The molecule has 0 spiro atoms. The molecule has 0 saturated carbocycles. The summed E-state index contributed by atoms with van der Waals surface area (Å²) in [5.74, 6) is 7.10. The van der Waals surface area contributed by atoms with E-state index in [0.717, 1.165) is 17.7 Å². The molecule has 2 aromatic heterocycles. The minimum atomic E-state index is 0.492. The van der Waals surface area contributed by atoms with E-state index < -0.39 is 0 Å². The monoisotopic (exact) mass is 245 g/mol. The predicted molar refractivity (Wildman–Crippen MR) is 68.3 cm³/mol. The molecule has 94 valence electrons. The van der Waals surface area contributed by atoms with Crippen LogP contribution >= 0.6 is 0 Å². The number of anilines is 1. The summed E-state index contributed by atoms with van der Waals surface area (Å²) in [6, 6.07) is 3.73. The molecule has 2 rings (SSSR count). The number of nitrogens with zero attached hydrogens (tertiary/aromatic N) is 3. The highest BCUT2D eigenvalue weighted by molar-refractivity contribution is 5.48. The van der Waals surface area contributed by atoms with Crippen molar-refractivity contribution in [3.05, 3.63) is 35.9 Å². The molecule has 0 saturated heterocycles. The minimum Gasteiger partial charge on any atom is -0.437 e. The standard InChI is InChI=1S/C12H15N5O/c1-3-10-11(17-13)15-7-16-12(10)18-9-5-4-8(2)14-6-9/h4-7H,3,13H2,1-2H3,(H,15,16,17). The molecule has 0 fully saturated rings. The van der Waals surface area contributed by atoms with E-state index in [1.54, 1.807) is 6.20 Å². The van der Waals surface area contributed by atoms with Crippen molar-refractivity contribution in [1.82, 2.24) is 15.0 Å². The van der Waals surface area contributed by atoms with Crippen molar-refractivity contribution in [3.8, 4) is 11.6 Å². The molecular formula is C12H15N5O. The maximum absolute atomic E-state index is 5.69. The lowest BCUT2D eigenvalue weighted by Crippen LogP contribution is -2.12. The number of nitrogen functional groups attached to an aromatic ring is 1. The fourth-order valence-corrected chi connectivity index (χ4v) is 1.55. The van der Waals surface area contributed by atoms with E-state index in [1.807, 2.05) is 26.0 Å². The molecule has 0 aliphatic carbocycles. The summed E-state index contributed by atoms with van der Waals surface area (Å²) in [4.78, 5) is 12.3. The van der Waals surface area contributed by atoms with Crippen LogP contribution < -0.4 is 16.0 Å². The third-order valence-corrected chi connectivity index (χ3v) is 2.49. The van der Waals surface area contributed by atoms with E-state index in [4.69, 9.17) is 10.6 Å². The molecule has 0 radical (unpaired) electrons. The maximum Gasteiger partial charge on any atom is 0.227 e. The van der Waals surface area contributed by atoms with Crippen molar-refractivity contribution in [2.75, 3.05) is 5.43 Å². The topological polar surface area (TPSA) is 86.0 Å². The number of hydrogen-bond donors (Lipinski definition) is 2. The Kier molecular flexibility index (Phi) is 3.69. The lowest BCUT2D eigenvalue weighted by Gasteiger charge is -2.11. The quantitative estimate of drug-likeness (QED) is 0.631. The number of nitrogens with two attached hydrogens (primary N) is 1. The zero-order valence-electron chi connectivity index (χ0n) is 10.3. The van der Waals surface area contributed by atoms with Crippen LogP contribution in [0.5, 0.6) is 11.6 Å². The number of aryl methyl sites for hydroxylation is 1. The van der Waals surface area contributed by atoms with Gasteiger partial charge in [0.05, 0.1) is 11.8 Å². The first-order valence-electron chi connectivity index (χ1n) is 5.65. The van der Waals surface area contributed by atoms with Crippen LogP contribution in [0.25, 0.3) is 0 Å². The van der Waals surface area contributed by atoms with Gasteiger partial charge in [-0.25, -0.2) is 15.8 Å². The molecule has 0 aromatic carbocycles. The summed E-state index contributed by atoms with van der Waals surface area (Å²) >= 11 is 0. The lowest BCUT2D eigenvalue weighted by molar-refractivity contribution is 0.453. The van der Waals surface area contributed by atoms with E-state index in [9.17, 15) is 0 Å². The average molecular weight is 245 g/mol. The van der Waals surface area contributed by atoms with Crippen molar-refractivity contribution in [2.24, 2.45) is 5.84 Å². The fourth-order valence-electron chi connectivity index (χ4n) is 1.55. The third-order valence-electron chi connectivity index (χ3n) is 2.49. The van der Waals surface area contributed by atoms with Crippen molar-refractivity contribution in [2.45, 2.75) is 20.3 Å². The molecule has 0 bridgehead atoms. The van der Waals surface area contributed by atoms with Crippen molar-refractivity contribution in [1.29, 1.82) is 0 Å². The van der Waals surface area contributed by atoms with Crippen molar-refractivity contribution < 1.29 is 4.74 Å². The van der Waals surface area contributed by atoms with E-state index in [0.29, 0.717) is 17.4 Å². The number of pyridine rings is 1. The van der Waals surface area contributed by atoms with Gasteiger partial charge < -0.3 is 10.2 Å². The van der Waals surface area contributed by atoms with Crippen LogP contribution in [0, 0.1) is 6.92 Å². The van der Waals surface area contributed by atoms with Gasteiger partial charge in [0.2, 0.25) is 5.88 Å². The number of nitrogens with one attached hydrogen (secondary N) is 1. The fraction of sp³-hybridized carbons (Fsp3) is 0.250. The van der Waals surface area contributed by atoms with Crippen LogP contribution in [0.2, 0.25) is 0 Å². The second kappa shape index (κ2) is 5.42. The summed E-state index contributed by atoms with van der Waals surface area (Å²) in [6.45, 7) is 3.90. The highest BCUT2D eigenvalue weighted by atomic mass is 16.5. The summed E-state index contributed by atoms with van der Waals surface area (Å²) in [5, 5.41) is 0. The first kappa shape index (κ1) is 12.3. The van der Waals surface area contributed by atoms with Crippen LogP contribution in [0.3, 0.4) is 0 Å². The molecule has 3 N–H and O–H groups in total. The van der Waals surface area contributed by atoms with Gasteiger partial charge in [0, 0.05) is 5.69 Å². The molecule has 0 amide bonds. The van der Waals surface area contributed by atoms with Crippen LogP contribution in [-0.2, 0) is 6.42 Å². The SMILES string of the molecule is CCc1c(NN)ncnc1Oc1ccc(C)nc1. The molecule has 2 heterocycles. The summed E-state index contributed by atoms with van der Waals surface area (Å²) in [5.41, 5.74) is 4.30. The van der Waals surface area contributed by atoms with Crippen LogP contribution in [0.1, 0.15) is 18.2 Å². The highest BCUT2D eigenvalue weighted by Crippen LogP contribution is 2.26. The smallest absolute Gasteiger partial charge is 0.227 e. The zero-order chi connectivity index (χ0) is 13.0. The summed E-state index contributed by atoms with van der Waals surface area (Å²) < 4.78 is 5.69. The molecule has 0 aliphatic heterocycles. The van der Waals surface area contributed by atoms with Gasteiger partial charge >= 0.3 is 0 Å². The molecule has 0 aliphatic rings. The van der Waals surface area contributed by atoms with Gasteiger partial charge in [0.1, 0.15) is 17.9 Å². The predicted octanol–water partition coefficient (Wildman–Crippen LogP) is 1.82. The molecular weight excluding hydrogens is 230 g/mol. The van der Waals surface area contributed by atoms with Gasteiger partial charge in [-0.3, -0.25) is 4.98 Å². The largest absolute Gasteiger partial charge is 0.437 e. The number of ether oxygens (including phenoxy) is 1. The Morgan fingerprint density at radius 3 is 2.72 bits per heavy atom. The lowest BCUT2D eigenvalue weighted by atomic mass is 10.2. The second-order valence-corrected chi connectivity index (χ2v) is 3.74. The summed E-state index contributed by atoms with van der Waals surface area (Å²) in [6.07, 6.45) is 3.78. The van der Waals surface area contributed by atoms with E-state index >= 15 is 0 Å². The van der Waals surface area contributed by atoms with E-state index in [-0.39, 0.29) is 0 Å². The molecule has 0 atom stereocenters. The number of hydrazine groups is 1. The molecule has 6 heteroatoms. The minimum absolute atomic E-state index is 0.492. The highest BCUT2D eigenvalue weighted by Gasteiger charge is 2.11. The molecule has 2 aromatic rings. The second-order valence-electron chi connectivity index (χ2n) is 3.74. The van der Waals surface area contributed by atoms with Crippen molar-refractivity contribution >= 4 is 5.82 Å². The van der Waals surface area contributed by atoms with Gasteiger partial charge in [-0.2, -0.15) is 0 Å². The van der Waals surface area contributed by atoms with Crippen LogP contribution in [0.15, 0.2) is 24.7 Å². The normalized spacial score (nSPS) is 10.2. The molecule has 18 heavy (non-hydrogen) atoms. The van der Waals surface area contributed by atoms with Gasteiger partial charge in [0.25, 0.3) is 0 Å². The number of aromatic nitrogens is 3. The Morgan fingerprint density at radius 1 is 1.28 bits per heavy atom. The molecule has 0 unspecified atom stereocenters. The first-order chi connectivity index (χ1) is 8.74. The van der Waals surface area contributed by atoms with Gasteiger partial charge in [0.15, 0.2) is 0 Å². The van der Waals surface area contributed by atoms with Crippen LogP contribution in [-0.4, -0.2) is 15.0 Å². The Balaban J connectivity index is 2.31. The summed E-state index contributed by atoms with van der Waals surface area (Å²) in [7, 11) is 0. The average Bonchev–Trinajstić information content (AvgIpc) is 2.41. The van der Waals surface area contributed by atoms with Crippen molar-refractivity contribution in [3.63, 3.8) is 0 Å². The number of hydrogen-bond acceptors (Lipinski definition) is 6. The zero-order valence-corrected chi connectivity index (χ0v) is 10.3. The Hall–Kier alpha value is -2.21.